The van der Waals surface area contributed by atoms with Crippen LogP contribution in [0.2, 0.25) is 0 Å². The summed E-state index contributed by atoms with van der Waals surface area (Å²) in [6, 6.07) is 8.78. The average molecular weight is 467 g/mol. The second kappa shape index (κ2) is 9.38. The van der Waals surface area contributed by atoms with Gasteiger partial charge in [0.2, 0.25) is 5.91 Å². The molecule has 2 amide bonds. The summed E-state index contributed by atoms with van der Waals surface area (Å²) in [5, 5.41) is 4.18. The number of carbonyl (C=O) groups excluding carboxylic acids is 2. The molecule has 3 aliphatic rings. The lowest BCUT2D eigenvalue weighted by molar-refractivity contribution is -0.116. The highest BCUT2D eigenvalue weighted by Gasteiger charge is 2.45. The van der Waals surface area contributed by atoms with E-state index >= 15 is 0 Å². The van der Waals surface area contributed by atoms with Gasteiger partial charge in [0.05, 0.1) is 31.3 Å². The van der Waals surface area contributed by atoms with Crippen LogP contribution < -0.4 is 9.80 Å². The first-order chi connectivity index (χ1) is 16.4. The summed E-state index contributed by atoms with van der Waals surface area (Å²) in [4.78, 5) is 32.7. The van der Waals surface area contributed by atoms with E-state index in [2.05, 4.69) is 39.2 Å². The van der Waals surface area contributed by atoms with E-state index in [1.165, 1.54) is 27.8 Å². The molecular formula is C25H34N6O3. The first kappa shape index (κ1) is 22.9. The summed E-state index contributed by atoms with van der Waals surface area (Å²) in [5.74, 6) is -0.0886. The average Bonchev–Trinajstić information content (AvgIpc) is 3.33. The van der Waals surface area contributed by atoms with Crippen LogP contribution in [0.15, 0.2) is 36.7 Å². The second-order valence-electron chi connectivity index (χ2n) is 9.91. The van der Waals surface area contributed by atoms with Crippen LogP contribution in [-0.4, -0.2) is 91.0 Å². The van der Waals surface area contributed by atoms with Crippen LogP contribution >= 0.6 is 0 Å². The number of benzene rings is 1. The Morgan fingerprint density at radius 1 is 1.12 bits per heavy atom. The van der Waals surface area contributed by atoms with Crippen LogP contribution in [0.1, 0.15) is 25.3 Å². The summed E-state index contributed by atoms with van der Waals surface area (Å²) < 4.78 is 6.83. The van der Waals surface area contributed by atoms with Gasteiger partial charge in [0.25, 0.3) is 0 Å². The number of amides is 2. The van der Waals surface area contributed by atoms with Gasteiger partial charge in [-0.25, -0.2) is 4.79 Å². The van der Waals surface area contributed by atoms with E-state index in [0.717, 1.165) is 71.9 Å². The van der Waals surface area contributed by atoms with Crippen LogP contribution in [-0.2, 0) is 16.1 Å². The highest BCUT2D eigenvalue weighted by molar-refractivity contribution is 5.91. The van der Waals surface area contributed by atoms with Gasteiger partial charge in [-0.1, -0.05) is 12.1 Å². The molecule has 0 N–H and O–H groups in total. The maximum absolute atomic E-state index is 12.9. The highest BCUT2D eigenvalue weighted by Crippen LogP contribution is 2.41. The number of carbonyl (C=O) groups is 2. The number of likely N-dealkylation sites (tertiary alicyclic amines) is 2. The predicted molar refractivity (Wildman–Crippen MR) is 130 cm³/mol. The van der Waals surface area contributed by atoms with E-state index in [1.807, 2.05) is 4.90 Å². The van der Waals surface area contributed by atoms with E-state index in [1.54, 1.807) is 19.4 Å². The maximum Gasteiger partial charge on any atom is 0.344 e. The monoisotopic (exact) mass is 466 g/mol. The molecule has 0 aliphatic carbocycles. The molecule has 0 atom stereocenters. The van der Waals surface area contributed by atoms with Gasteiger partial charge in [-0.15, -0.1) is 0 Å². The number of anilines is 2. The van der Waals surface area contributed by atoms with Gasteiger partial charge in [0, 0.05) is 65.5 Å². The Balaban J connectivity index is 1.11. The fourth-order valence-corrected chi connectivity index (χ4v) is 5.35. The Labute approximate surface area is 200 Å². The number of piperidine rings is 1. The molecule has 1 aromatic carbocycles. The Kier molecular flexibility index (Phi) is 6.31. The molecule has 0 saturated carbocycles. The van der Waals surface area contributed by atoms with Gasteiger partial charge in [0.1, 0.15) is 0 Å². The zero-order valence-electron chi connectivity index (χ0n) is 20.2. The summed E-state index contributed by atoms with van der Waals surface area (Å²) >= 11 is 0. The summed E-state index contributed by atoms with van der Waals surface area (Å²) in [6.45, 7) is 9.66. The summed E-state index contributed by atoms with van der Waals surface area (Å²) in [5.41, 5.74) is 3.60. The minimum Gasteiger partial charge on any atom is -0.378 e. The Morgan fingerprint density at radius 3 is 2.56 bits per heavy atom. The number of hydrogen-bond donors (Lipinski definition) is 0. The molecule has 0 bridgehead atoms. The number of rotatable bonds is 4. The molecule has 9 nitrogen and oxygen atoms in total. The fraction of sp³-hybridized carbons (Fsp3) is 0.560. The van der Waals surface area contributed by atoms with Crippen LogP contribution in [0, 0.1) is 5.41 Å². The molecule has 3 fully saturated rings. The fourth-order valence-electron chi connectivity index (χ4n) is 5.35. The molecule has 0 unspecified atom stereocenters. The van der Waals surface area contributed by atoms with E-state index in [-0.39, 0.29) is 11.9 Å². The molecule has 9 heteroatoms. The van der Waals surface area contributed by atoms with Crippen LogP contribution in [0.4, 0.5) is 16.2 Å². The van der Waals surface area contributed by atoms with Gasteiger partial charge in [-0.05, 0) is 36.0 Å². The number of morpholine rings is 1. The topological polar surface area (TPSA) is 74.2 Å². The van der Waals surface area contributed by atoms with Crippen LogP contribution in [0.3, 0.4) is 0 Å². The standard InChI is InChI=1S/C25H34N6O3/c1-20(32)27(2)23-15-26-31(17-23)24(33)30-8-6-25(7-9-30)18-28(19-25)16-21-4-3-5-22(14-21)29-10-12-34-13-11-29/h3-5,14-15,17H,6-13,16,18-19H2,1-2H3. The lowest BCUT2D eigenvalue weighted by Crippen LogP contribution is -2.60. The molecule has 2 aromatic rings. The van der Waals surface area contributed by atoms with Crippen molar-refractivity contribution in [3.8, 4) is 0 Å². The lowest BCUT2D eigenvalue weighted by atomic mass is 9.72. The normalized spacial score (nSPS) is 20.3. The number of aromatic nitrogens is 2. The third kappa shape index (κ3) is 4.67. The van der Waals surface area contributed by atoms with E-state index in [4.69, 9.17) is 4.74 Å². The summed E-state index contributed by atoms with van der Waals surface area (Å²) in [7, 11) is 1.68. The highest BCUT2D eigenvalue weighted by atomic mass is 16.5. The molecular weight excluding hydrogens is 432 g/mol. The van der Waals surface area contributed by atoms with Crippen molar-refractivity contribution >= 4 is 23.3 Å². The third-order valence-corrected chi connectivity index (χ3v) is 7.53. The predicted octanol–water partition coefficient (Wildman–Crippen LogP) is 2.27. The van der Waals surface area contributed by atoms with Crippen LogP contribution in [0.5, 0.6) is 0 Å². The number of hydrogen-bond acceptors (Lipinski definition) is 6. The smallest absolute Gasteiger partial charge is 0.344 e. The third-order valence-electron chi connectivity index (χ3n) is 7.53. The molecule has 5 rings (SSSR count). The molecule has 4 heterocycles. The van der Waals surface area contributed by atoms with Crippen molar-refractivity contribution < 1.29 is 14.3 Å². The molecule has 3 saturated heterocycles. The first-order valence-corrected chi connectivity index (χ1v) is 12.1. The maximum atomic E-state index is 12.9. The first-order valence-electron chi connectivity index (χ1n) is 12.1. The Hall–Kier alpha value is -2.91. The van der Waals surface area contributed by atoms with E-state index in [9.17, 15) is 9.59 Å². The molecule has 1 aromatic heterocycles. The Bertz CT molecular complexity index is 1030. The van der Waals surface area contributed by atoms with Gasteiger partial charge in [-0.3, -0.25) is 9.69 Å². The second-order valence-corrected chi connectivity index (χ2v) is 9.91. The Morgan fingerprint density at radius 2 is 1.85 bits per heavy atom. The SMILES string of the molecule is CC(=O)N(C)c1cnn(C(=O)N2CCC3(CC2)CN(Cc2cccc(N4CCOCC4)c2)C3)c1. The van der Waals surface area contributed by atoms with Crippen LogP contribution in [0.25, 0.3) is 0 Å². The van der Waals surface area contributed by atoms with E-state index < -0.39 is 0 Å². The number of nitrogens with zero attached hydrogens (tertiary/aromatic N) is 6. The van der Waals surface area contributed by atoms with Crippen molar-refractivity contribution in [3.05, 3.63) is 42.2 Å². The zero-order valence-corrected chi connectivity index (χ0v) is 20.2. The molecule has 3 aliphatic heterocycles. The minimum absolute atomic E-state index is 0.0886. The minimum atomic E-state index is -0.117. The molecule has 0 radical (unpaired) electrons. The molecule has 34 heavy (non-hydrogen) atoms. The molecule has 1 spiro atoms. The van der Waals surface area contributed by atoms with Crippen molar-refractivity contribution in [2.75, 3.05) is 69.3 Å². The van der Waals surface area contributed by atoms with Crippen molar-refractivity contribution in [1.82, 2.24) is 19.6 Å². The quantitative estimate of drug-likeness (QED) is 0.688. The van der Waals surface area contributed by atoms with Crippen molar-refractivity contribution in [3.63, 3.8) is 0 Å². The van der Waals surface area contributed by atoms with Crippen molar-refractivity contribution in [2.24, 2.45) is 5.41 Å². The van der Waals surface area contributed by atoms with Gasteiger partial charge >= 0.3 is 6.03 Å². The largest absolute Gasteiger partial charge is 0.378 e. The van der Waals surface area contributed by atoms with Crippen molar-refractivity contribution in [2.45, 2.75) is 26.3 Å². The summed E-state index contributed by atoms with van der Waals surface area (Å²) in [6.07, 6.45) is 5.22. The lowest BCUT2D eigenvalue weighted by Gasteiger charge is -2.54. The van der Waals surface area contributed by atoms with Gasteiger partial charge in [0.15, 0.2) is 0 Å². The number of ether oxygens (including phenoxy) is 1. The molecule has 182 valence electrons. The van der Waals surface area contributed by atoms with E-state index in [0.29, 0.717) is 11.1 Å². The van der Waals surface area contributed by atoms with Gasteiger partial charge in [-0.2, -0.15) is 9.78 Å². The van der Waals surface area contributed by atoms with Crippen molar-refractivity contribution in [1.29, 1.82) is 0 Å². The zero-order chi connectivity index (χ0) is 23.7. The van der Waals surface area contributed by atoms with Gasteiger partial charge < -0.3 is 19.4 Å².